The molecule has 0 saturated carbocycles. The van der Waals surface area contributed by atoms with Crippen molar-refractivity contribution >= 4 is 5.69 Å². The summed E-state index contributed by atoms with van der Waals surface area (Å²) >= 11 is 0. The standard InChI is InChI=1S/C12H9FN2O2/c1-8-6-11(15(16)17)7-14-12(8)9-2-4-10(13)5-3-9/h2-7H,1H3. The minimum Gasteiger partial charge on any atom is -0.258 e. The highest BCUT2D eigenvalue weighted by molar-refractivity contribution is 5.63. The Labute approximate surface area is 96.9 Å². The minimum atomic E-state index is -0.492. The summed E-state index contributed by atoms with van der Waals surface area (Å²) in [7, 11) is 0. The summed E-state index contributed by atoms with van der Waals surface area (Å²) in [5.74, 6) is -0.326. The lowest BCUT2D eigenvalue weighted by Gasteiger charge is -2.04. The SMILES string of the molecule is Cc1cc([N+](=O)[O-])cnc1-c1ccc(F)cc1. The van der Waals surface area contributed by atoms with Crippen molar-refractivity contribution in [3.8, 4) is 11.3 Å². The van der Waals surface area contributed by atoms with Gasteiger partial charge in [-0.05, 0) is 36.8 Å². The fourth-order valence-electron chi connectivity index (χ4n) is 1.57. The van der Waals surface area contributed by atoms with Gasteiger partial charge in [-0.1, -0.05) is 0 Å². The highest BCUT2D eigenvalue weighted by atomic mass is 19.1. The van der Waals surface area contributed by atoms with Crippen LogP contribution in [0.4, 0.5) is 10.1 Å². The largest absolute Gasteiger partial charge is 0.287 e. The summed E-state index contributed by atoms with van der Waals surface area (Å²) < 4.78 is 12.8. The molecule has 0 saturated heterocycles. The highest BCUT2D eigenvalue weighted by Gasteiger charge is 2.10. The van der Waals surface area contributed by atoms with E-state index in [2.05, 4.69) is 4.98 Å². The monoisotopic (exact) mass is 232 g/mol. The van der Waals surface area contributed by atoms with Crippen LogP contribution < -0.4 is 0 Å². The van der Waals surface area contributed by atoms with Crippen LogP contribution in [0.3, 0.4) is 0 Å². The summed E-state index contributed by atoms with van der Waals surface area (Å²) in [5, 5.41) is 10.6. The number of benzene rings is 1. The van der Waals surface area contributed by atoms with Gasteiger partial charge in [-0.25, -0.2) is 9.37 Å². The zero-order valence-electron chi connectivity index (χ0n) is 9.05. The number of halogens is 1. The van der Waals surface area contributed by atoms with Gasteiger partial charge in [-0.15, -0.1) is 0 Å². The van der Waals surface area contributed by atoms with Gasteiger partial charge in [0.05, 0.1) is 10.6 Å². The molecule has 0 bridgehead atoms. The molecule has 86 valence electrons. The van der Waals surface area contributed by atoms with Crippen LogP contribution in [-0.2, 0) is 0 Å². The van der Waals surface area contributed by atoms with Crippen molar-refractivity contribution in [2.45, 2.75) is 6.92 Å². The molecular weight excluding hydrogens is 223 g/mol. The van der Waals surface area contributed by atoms with Gasteiger partial charge >= 0.3 is 0 Å². The molecule has 0 amide bonds. The van der Waals surface area contributed by atoms with Gasteiger partial charge in [-0.3, -0.25) is 10.1 Å². The molecule has 1 heterocycles. The molecule has 0 unspecified atom stereocenters. The Hall–Kier alpha value is -2.30. The molecule has 0 atom stereocenters. The average molecular weight is 232 g/mol. The first-order valence-electron chi connectivity index (χ1n) is 4.95. The van der Waals surface area contributed by atoms with Crippen molar-refractivity contribution in [2.75, 3.05) is 0 Å². The van der Waals surface area contributed by atoms with Crippen molar-refractivity contribution in [1.29, 1.82) is 0 Å². The van der Waals surface area contributed by atoms with Gasteiger partial charge < -0.3 is 0 Å². The molecule has 1 aromatic carbocycles. The summed E-state index contributed by atoms with van der Waals surface area (Å²) in [4.78, 5) is 14.1. The van der Waals surface area contributed by atoms with Gasteiger partial charge in [0.2, 0.25) is 0 Å². The van der Waals surface area contributed by atoms with Gasteiger partial charge in [0.25, 0.3) is 5.69 Å². The van der Waals surface area contributed by atoms with E-state index in [0.29, 0.717) is 11.3 Å². The van der Waals surface area contributed by atoms with E-state index in [4.69, 9.17) is 0 Å². The third-order valence-corrected chi connectivity index (χ3v) is 2.39. The van der Waals surface area contributed by atoms with Gasteiger partial charge in [0, 0.05) is 11.6 Å². The summed E-state index contributed by atoms with van der Waals surface area (Å²) in [6.07, 6.45) is 1.20. The number of hydrogen-bond donors (Lipinski definition) is 0. The summed E-state index contributed by atoms with van der Waals surface area (Å²) in [6, 6.07) is 7.30. The summed E-state index contributed by atoms with van der Waals surface area (Å²) in [5.41, 5.74) is 1.99. The average Bonchev–Trinajstić information content (AvgIpc) is 2.30. The van der Waals surface area contributed by atoms with Crippen LogP contribution in [0.15, 0.2) is 36.5 Å². The first-order chi connectivity index (χ1) is 8.08. The van der Waals surface area contributed by atoms with Crippen LogP contribution in [0.25, 0.3) is 11.3 Å². The number of pyridine rings is 1. The van der Waals surface area contributed by atoms with Crippen LogP contribution in [-0.4, -0.2) is 9.91 Å². The molecule has 4 nitrogen and oxygen atoms in total. The normalized spacial score (nSPS) is 10.2. The van der Waals surface area contributed by atoms with Crippen LogP contribution >= 0.6 is 0 Å². The van der Waals surface area contributed by atoms with E-state index in [-0.39, 0.29) is 11.5 Å². The highest BCUT2D eigenvalue weighted by Crippen LogP contribution is 2.24. The van der Waals surface area contributed by atoms with Crippen LogP contribution in [0, 0.1) is 22.9 Å². The van der Waals surface area contributed by atoms with Gasteiger partial charge in [0.15, 0.2) is 0 Å². The van der Waals surface area contributed by atoms with Gasteiger partial charge in [0.1, 0.15) is 12.0 Å². The first kappa shape index (κ1) is 11.2. The van der Waals surface area contributed by atoms with E-state index in [1.807, 2.05) is 0 Å². The number of rotatable bonds is 2. The Morgan fingerprint density at radius 1 is 1.29 bits per heavy atom. The molecule has 2 aromatic rings. The van der Waals surface area contributed by atoms with Crippen molar-refractivity contribution < 1.29 is 9.31 Å². The summed E-state index contributed by atoms with van der Waals surface area (Å²) in [6.45, 7) is 1.73. The molecule has 0 fully saturated rings. The third kappa shape index (κ3) is 2.28. The van der Waals surface area contributed by atoms with Crippen LogP contribution in [0.2, 0.25) is 0 Å². The lowest BCUT2D eigenvalue weighted by molar-refractivity contribution is -0.385. The molecule has 1 aromatic heterocycles. The Kier molecular flexibility index (Phi) is 2.82. The van der Waals surface area contributed by atoms with Crippen molar-refractivity contribution in [2.24, 2.45) is 0 Å². The molecular formula is C12H9FN2O2. The second kappa shape index (κ2) is 4.29. The predicted molar refractivity (Wildman–Crippen MR) is 61.0 cm³/mol. The fourth-order valence-corrected chi connectivity index (χ4v) is 1.57. The number of aromatic nitrogens is 1. The van der Waals surface area contributed by atoms with E-state index in [1.54, 1.807) is 19.1 Å². The smallest absolute Gasteiger partial charge is 0.258 e. The Balaban J connectivity index is 2.46. The predicted octanol–water partition coefficient (Wildman–Crippen LogP) is 3.10. The van der Waals surface area contributed by atoms with E-state index in [0.717, 1.165) is 5.56 Å². The van der Waals surface area contributed by atoms with E-state index in [9.17, 15) is 14.5 Å². The van der Waals surface area contributed by atoms with Crippen LogP contribution in [0.1, 0.15) is 5.56 Å². The molecule has 0 aliphatic carbocycles. The van der Waals surface area contributed by atoms with Crippen LogP contribution in [0.5, 0.6) is 0 Å². The molecule has 17 heavy (non-hydrogen) atoms. The second-order valence-corrected chi connectivity index (χ2v) is 3.62. The van der Waals surface area contributed by atoms with E-state index < -0.39 is 4.92 Å². The number of hydrogen-bond acceptors (Lipinski definition) is 3. The molecule has 0 aliphatic rings. The van der Waals surface area contributed by atoms with Crippen molar-refractivity contribution in [3.05, 3.63) is 58.0 Å². The van der Waals surface area contributed by atoms with Crippen molar-refractivity contribution in [1.82, 2.24) is 4.98 Å². The first-order valence-corrected chi connectivity index (χ1v) is 4.95. The maximum absolute atomic E-state index is 12.8. The Morgan fingerprint density at radius 3 is 2.47 bits per heavy atom. The Morgan fingerprint density at radius 2 is 1.94 bits per heavy atom. The number of nitro groups is 1. The van der Waals surface area contributed by atoms with E-state index in [1.165, 1.54) is 24.4 Å². The molecule has 0 spiro atoms. The number of nitrogens with zero attached hydrogens (tertiary/aromatic N) is 2. The second-order valence-electron chi connectivity index (χ2n) is 3.62. The zero-order chi connectivity index (χ0) is 12.4. The lowest BCUT2D eigenvalue weighted by atomic mass is 10.1. The fraction of sp³-hybridized carbons (Fsp3) is 0.0833. The quantitative estimate of drug-likeness (QED) is 0.590. The Bertz CT molecular complexity index is 567. The lowest BCUT2D eigenvalue weighted by Crippen LogP contribution is -1.93. The number of aryl methyl sites for hydroxylation is 1. The molecule has 0 radical (unpaired) electrons. The van der Waals surface area contributed by atoms with Gasteiger partial charge in [-0.2, -0.15) is 0 Å². The topological polar surface area (TPSA) is 56.0 Å². The van der Waals surface area contributed by atoms with Crippen molar-refractivity contribution in [3.63, 3.8) is 0 Å². The zero-order valence-corrected chi connectivity index (χ0v) is 9.05. The molecule has 0 aliphatic heterocycles. The maximum atomic E-state index is 12.8. The third-order valence-electron chi connectivity index (χ3n) is 2.39. The minimum absolute atomic E-state index is 0.0478. The molecule has 5 heteroatoms. The molecule has 0 N–H and O–H groups in total. The molecule has 2 rings (SSSR count). The van der Waals surface area contributed by atoms with E-state index >= 15 is 0 Å². The maximum Gasteiger partial charge on any atom is 0.287 e.